The summed E-state index contributed by atoms with van der Waals surface area (Å²) in [5, 5.41) is 12.5. The number of imidazole rings is 1. The van der Waals surface area contributed by atoms with Crippen LogP contribution in [0.5, 0.6) is 5.75 Å². The standard InChI is InChI=1S/C65H67N3O.Pt/c1-39(2)49-36-56(42(7)8)63(69)57(37-49)64-67-62-55(22-17-23-60(62)68(64)59-29-28-48(32-43(59)9)61-53(40(3)4)20-16-21-54(61)41(5)6)50-33-51(35-52(34-50)65(10,11)12)58-38-47(30-31-66-58)46-26-24-45(25-27-46)44-18-14-13-15-19-44;/h13-42,69H,1-12H3;/i9D3,39D,40D,42D;. The van der Waals surface area contributed by atoms with Gasteiger partial charge in [-0.1, -0.05) is 179 Å². The first-order valence-corrected chi connectivity index (χ1v) is 24.1. The molecule has 0 aliphatic rings. The fraction of sp³-hybridized carbons (Fsp3) is 0.262. The predicted octanol–water partition coefficient (Wildman–Crippen LogP) is 18.2. The molecule has 0 saturated heterocycles. The molecule has 4 nitrogen and oxygen atoms in total. The van der Waals surface area contributed by atoms with Crippen molar-refractivity contribution in [1.29, 1.82) is 0 Å². The van der Waals surface area contributed by atoms with E-state index < -0.39 is 24.5 Å². The average Bonchev–Trinajstić information content (AvgIpc) is 3.74. The van der Waals surface area contributed by atoms with E-state index in [0.717, 1.165) is 66.9 Å². The molecule has 0 spiro atoms. The van der Waals surface area contributed by atoms with Crippen molar-refractivity contribution in [2.75, 3.05) is 0 Å². The summed E-state index contributed by atoms with van der Waals surface area (Å²) < 4.78 is 57.0. The fourth-order valence-electron chi connectivity index (χ4n) is 9.53. The summed E-state index contributed by atoms with van der Waals surface area (Å²) >= 11 is 0. The van der Waals surface area contributed by atoms with Gasteiger partial charge in [-0.3, -0.25) is 9.55 Å². The Morgan fingerprint density at radius 3 is 1.86 bits per heavy atom. The van der Waals surface area contributed by atoms with E-state index in [2.05, 4.69) is 95.3 Å². The van der Waals surface area contributed by atoms with Crippen LogP contribution in [0.25, 0.3) is 83.9 Å². The molecule has 9 aromatic rings. The second-order valence-corrected chi connectivity index (χ2v) is 20.4. The Labute approximate surface area is 439 Å². The predicted molar refractivity (Wildman–Crippen MR) is 293 cm³/mol. The number of para-hydroxylation sites is 1. The number of fused-ring (bicyclic) bond motifs is 1. The molecule has 0 amide bonds. The molecule has 358 valence electrons. The van der Waals surface area contributed by atoms with Crippen LogP contribution in [0.2, 0.25) is 0 Å². The molecular weight excluding hydrogens is 1030 g/mol. The van der Waals surface area contributed by atoms with Gasteiger partial charge in [0.15, 0.2) is 0 Å². The third-order valence-electron chi connectivity index (χ3n) is 13.4. The van der Waals surface area contributed by atoms with Crippen molar-refractivity contribution in [3.63, 3.8) is 0 Å². The van der Waals surface area contributed by atoms with E-state index in [1.165, 1.54) is 0 Å². The molecule has 2 aromatic heterocycles. The molecule has 0 aliphatic heterocycles. The van der Waals surface area contributed by atoms with Gasteiger partial charge >= 0.3 is 0 Å². The average molecular weight is 1110 g/mol. The van der Waals surface area contributed by atoms with Crippen molar-refractivity contribution >= 4 is 11.0 Å². The number of phenolic OH excluding ortho intramolecular Hbond substituents is 1. The van der Waals surface area contributed by atoms with Gasteiger partial charge in [0.1, 0.15) is 11.6 Å². The molecule has 0 atom stereocenters. The second-order valence-electron chi connectivity index (χ2n) is 20.4. The molecule has 5 heteroatoms. The number of hydrogen-bond donors (Lipinski definition) is 1. The molecule has 0 radical (unpaired) electrons. The van der Waals surface area contributed by atoms with Crippen molar-refractivity contribution < 1.29 is 34.4 Å². The molecule has 9 rings (SSSR count). The molecule has 7 aromatic carbocycles. The van der Waals surface area contributed by atoms with Gasteiger partial charge < -0.3 is 5.11 Å². The van der Waals surface area contributed by atoms with Crippen molar-refractivity contribution in [2.24, 2.45) is 0 Å². The molecule has 70 heavy (non-hydrogen) atoms. The van der Waals surface area contributed by atoms with Gasteiger partial charge in [-0.05, 0) is 157 Å². The van der Waals surface area contributed by atoms with Crippen molar-refractivity contribution in [2.45, 2.75) is 112 Å². The summed E-state index contributed by atoms with van der Waals surface area (Å²) in [6.45, 7) is 18.8. The minimum absolute atomic E-state index is 0. The van der Waals surface area contributed by atoms with E-state index in [0.29, 0.717) is 33.4 Å². The van der Waals surface area contributed by atoms with Crippen molar-refractivity contribution in [3.8, 4) is 78.6 Å². The van der Waals surface area contributed by atoms with Crippen LogP contribution in [0, 0.1) is 6.85 Å². The Kier molecular flexibility index (Phi) is 12.3. The van der Waals surface area contributed by atoms with Crippen LogP contribution in [0.15, 0.2) is 158 Å². The Morgan fingerprint density at radius 1 is 0.557 bits per heavy atom. The molecule has 2 heterocycles. The van der Waals surface area contributed by atoms with Crippen LogP contribution in [-0.4, -0.2) is 19.6 Å². The number of pyridine rings is 1. The largest absolute Gasteiger partial charge is 0.507 e. The van der Waals surface area contributed by atoms with E-state index in [-0.39, 0.29) is 55.1 Å². The van der Waals surface area contributed by atoms with Crippen LogP contribution in [-0.2, 0) is 26.5 Å². The van der Waals surface area contributed by atoms with Crippen molar-refractivity contribution in [3.05, 3.63) is 191 Å². The maximum atomic E-state index is 12.5. The fourth-order valence-corrected chi connectivity index (χ4v) is 9.53. The number of aryl methyl sites for hydroxylation is 1. The van der Waals surface area contributed by atoms with Gasteiger partial charge in [-0.15, -0.1) is 0 Å². The van der Waals surface area contributed by atoms with E-state index in [4.69, 9.17) is 9.97 Å². The number of nitrogens with zero attached hydrogens (tertiary/aromatic N) is 3. The molecule has 0 unspecified atom stereocenters. The summed E-state index contributed by atoms with van der Waals surface area (Å²) in [6.07, 6.45) is 1.85. The van der Waals surface area contributed by atoms with Gasteiger partial charge in [0.2, 0.25) is 0 Å². The first-order chi connectivity index (χ1) is 35.1. The molecule has 0 aliphatic carbocycles. The maximum absolute atomic E-state index is 12.5. The summed E-state index contributed by atoms with van der Waals surface area (Å²) in [4.78, 5) is 10.4. The number of benzene rings is 7. The third kappa shape index (κ3) is 9.73. The van der Waals surface area contributed by atoms with E-state index in [9.17, 15) is 13.3 Å². The number of hydrogen-bond acceptors (Lipinski definition) is 3. The monoisotopic (exact) mass is 1110 g/mol. The minimum atomic E-state index is -2.64. The third-order valence-corrected chi connectivity index (χ3v) is 13.4. The normalized spacial score (nSPS) is 13.8. The van der Waals surface area contributed by atoms with E-state index in [1.54, 1.807) is 45.9 Å². The van der Waals surface area contributed by atoms with E-state index >= 15 is 0 Å². The van der Waals surface area contributed by atoms with Gasteiger partial charge in [0, 0.05) is 46.6 Å². The van der Waals surface area contributed by atoms with Crippen LogP contribution >= 0.6 is 0 Å². The zero-order chi connectivity index (χ0) is 54.2. The zero-order valence-electron chi connectivity index (χ0n) is 48.2. The number of rotatable bonds is 11. The van der Waals surface area contributed by atoms with E-state index in [1.807, 2.05) is 97.4 Å². The van der Waals surface area contributed by atoms with Gasteiger partial charge in [0.25, 0.3) is 0 Å². The Bertz CT molecular complexity index is 3610. The zero-order valence-corrected chi connectivity index (χ0v) is 44.5. The first kappa shape index (κ1) is 42.5. The van der Waals surface area contributed by atoms with Crippen LogP contribution in [0.3, 0.4) is 0 Å². The number of aromatic hydroxyl groups is 1. The summed E-state index contributed by atoms with van der Waals surface area (Å²) in [5.41, 5.74) is 14.6. The Balaban J connectivity index is 0.00000765. The Morgan fingerprint density at radius 2 is 1.20 bits per heavy atom. The van der Waals surface area contributed by atoms with Gasteiger partial charge in [-0.2, -0.15) is 0 Å². The molecule has 0 fully saturated rings. The van der Waals surface area contributed by atoms with Crippen molar-refractivity contribution in [1.82, 2.24) is 14.5 Å². The Hall–Kier alpha value is -6.35. The topological polar surface area (TPSA) is 50.9 Å². The van der Waals surface area contributed by atoms with Crippen LogP contribution < -0.4 is 0 Å². The van der Waals surface area contributed by atoms with Gasteiger partial charge in [-0.25, -0.2) is 4.98 Å². The van der Waals surface area contributed by atoms with Crippen LogP contribution in [0.4, 0.5) is 0 Å². The first-order valence-electron chi connectivity index (χ1n) is 27.1. The summed E-state index contributed by atoms with van der Waals surface area (Å²) in [7, 11) is 0. The van der Waals surface area contributed by atoms with Crippen LogP contribution in [0.1, 0.15) is 141 Å². The smallest absolute Gasteiger partial charge is 0.149 e. The molecule has 0 bridgehead atoms. The summed E-state index contributed by atoms with van der Waals surface area (Å²) in [5.74, 6) is -3.22. The number of phenols is 1. The summed E-state index contributed by atoms with van der Waals surface area (Å²) in [6, 6.07) is 50.4. The second kappa shape index (κ2) is 20.2. The number of aromatic nitrogens is 3. The minimum Gasteiger partial charge on any atom is -0.507 e. The maximum Gasteiger partial charge on any atom is 0.149 e. The SMILES string of the molecule is [2H]C([2H])([2H])c1cc(-c2c(C(C)C)cccc2C([2H])(C)C)ccc1-n1c(-c2cc(C([2H])(C)C)cc(C([2H])(C)C)c2O)nc2c(-c3cc(-c4cc(-c5ccc(-c6ccccc6)cc5)ccn4)cc(C(C)(C)C)c3)cccc21.[Pt]. The molecule has 1 N–H and O–H groups in total. The van der Waals surface area contributed by atoms with Gasteiger partial charge in [0.05, 0.1) is 28.0 Å². The molecule has 0 saturated carbocycles. The molecular formula is C65H67N3OPt. The quantitative estimate of drug-likeness (QED) is 0.140.